The van der Waals surface area contributed by atoms with Crippen LogP contribution in [0.4, 0.5) is 0 Å². The molecule has 0 radical (unpaired) electrons. The number of carbonyl (C=O) groups excluding carboxylic acids is 1. The highest BCUT2D eigenvalue weighted by atomic mass is 32.2. The number of nitrogens with zero attached hydrogens (tertiary/aromatic N) is 1. The summed E-state index contributed by atoms with van der Waals surface area (Å²) in [6.07, 6.45) is 1.10. The highest BCUT2D eigenvalue weighted by Gasteiger charge is 2.06. The molecule has 0 spiro atoms. The third-order valence-corrected chi connectivity index (χ3v) is 2.78. The first kappa shape index (κ1) is 13.0. The fraction of sp³-hybridized carbons (Fsp3) is 0.455. The number of esters is 1. The Labute approximate surface area is 99.0 Å². The molecule has 0 amide bonds. The molecule has 0 saturated heterocycles. The lowest BCUT2D eigenvalue weighted by Gasteiger charge is -2.06. The van der Waals surface area contributed by atoms with Crippen molar-refractivity contribution in [1.29, 1.82) is 0 Å². The molecular weight excluding hydrogens is 226 g/mol. The van der Waals surface area contributed by atoms with Gasteiger partial charge < -0.3 is 9.84 Å². The second-order valence-electron chi connectivity index (χ2n) is 3.20. The van der Waals surface area contributed by atoms with E-state index in [0.717, 1.165) is 5.56 Å². The molecule has 0 aliphatic rings. The van der Waals surface area contributed by atoms with Crippen LogP contribution < -0.4 is 0 Å². The highest BCUT2D eigenvalue weighted by molar-refractivity contribution is 7.99. The van der Waals surface area contributed by atoms with Gasteiger partial charge in [-0.05, 0) is 31.5 Å². The molecule has 1 rings (SSSR count). The Bertz CT molecular complexity index is 355. The van der Waals surface area contributed by atoms with E-state index in [1.54, 1.807) is 32.2 Å². The Kier molecular flexibility index (Phi) is 5.28. The van der Waals surface area contributed by atoms with Crippen molar-refractivity contribution in [3.05, 3.63) is 23.9 Å². The summed E-state index contributed by atoms with van der Waals surface area (Å²) in [6.45, 7) is 3.85. The molecule has 0 aliphatic heterocycles. The molecule has 0 aliphatic carbocycles. The maximum absolute atomic E-state index is 11.1. The minimum absolute atomic E-state index is 0.240. The number of aromatic nitrogens is 1. The van der Waals surface area contributed by atoms with E-state index in [1.165, 1.54) is 11.8 Å². The number of ether oxygens (including phenoxy) is 1. The van der Waals surface area contributed by atoms with Crippen molar-refractivity contribution >= 4 is 17.7 Å². The molecule has 0 saturated carbocycles. The molecular formula is C11H15NO3S. The minimum atomic E-state index is -0.523. The van der Waals surface area contributed by atoms with Crippen molar-refractivity contribution < 1.29 is 14.6 Å². The number of hydrogen-bond donors (Lipinski definition) is 1. The molecule has 0 aromatic carbocycles. The smallest absolute Gasteiger partial charge is 0.316 e. The number of hydrogen-bond acceptors (Lipinski definition) is 5. The predicted molar refractivity (Wildman–Crippen MR) is 62.2 cm³/mol. The minimum Gasteiger partial charge on any atom is -0.465 e. The van der Waals surface area contributed by atoms with Gasteiger partial charge in [0.1, 0.15) is 0 Å². The second kappa shape index (κ2) is 6.50. The molecule has 1 atom stereocenters. The van der Waals surface area contributed by atoms with Crippen LogP contribution in [0.2, 0.25) is 0 Å². The van der Waals surface area contributed by atoms with Crippen molar-refractivity contribution in [3.8, 4) is 0 Å². The van der Waals surface area contributed by atoms with Gasteiger partial charge in [-0.3, -0.25) is 4.79 Å². The van der Waals surface area contributed by atoms with Gasteiger partial charge in [0, 0.05) is 6.20 Å². The average molecular weight is 241 g/mol. The van der Waals surface area contributed by atoms with Crippen LogP contribution in [-0.2, 0) is 9.53 Å². The van der Waals surface area contributed by atoms with Gasteiger partial charge in [-0.1, -0.05) is 11.8 Å². The molecule has 0 fully saturated rings. The van der Waals surface area contributed by atoms with Crippen LogP contribution in [-0.4, -0.2) is 28.4 Å². The fourth-order valence-corrected chi connectivity index (χ4v) is 1.80. The molecule has 16 heavy (non-hydrogen) atoms. The first-order valence-corrected chi connectivity index (χ1v) is 6.04. The summed E-state index contributed by atoms with van der Waals surface area (Å²) in [5.41, 5.74) is 0.793. The number of pyridine rings is 1. The maximum Gasteiger partial charge on any atom is 0.316 e. The van der Waals surface area contributed by atoms with Crippen molar-refractivity contribution in [3.63, 3.8) is 0 Å². The van der Waals surface area contributed by atoms with E-state index in [9.17, 15) is 9.90 Å². The van der Waals surface area contributed by atoms with Crippen LogP contribution in [0.1, 0.15) is 25.5 Å². The van der Waals surface area contributed by atoms with Crippen LogP contribution in [0.5, 0.6) is 0 Å². The lowest BCUT2D eigenvalue weighted by atomic mass is 10.2. The van der Waals surface area contributed by atoms with Crippen LogP contribution in [0.15, 0.2) is 23.4 Å². The monoisotopic (exact) mass is 241 g/mol. The molecule has 88 valence electrons. The van der Waals surface area contributed by atoms with Crippen molar-refractivity contribution in [2.24, 2.45) is 0 Å². The zero-order chi connectivity index (χ0) is 12.0. The van der Waals surface area contributed by atoms with Gasteiger partial charge in [0.2, 0.25) is 0 Å². The van der Waals surface area contributed by atoms with E-state index < -0.39 is 6.10 Å². The average Bonchev–Trinajstić information content (AvgIpc) is 2.27. The molecule has 1 heterocycles. The normalized spacial score (nSPS) is 12.2. The number of aliphatic hydroxyl groups is 1. The van der Waals surface area contributed by atoms with Crippen molar-refractivity contribution in [2.75, 3.05) is 12.4 Å². The maximum atomic E-state index is 11.1. The fourth-order valence-electron chi connectivity index (χ4n) is 1.10. The quantitative estimate of drug-likeness (QED) is 0.629. The highest BCUT2D eigenvalue weighted by Crippen LogP contribution is 2.19. The number of thioether (sulfide) groups is 1. The SMILES string of the molecule is CCOC(=O)CSc1cc([C@@H](C)O)ccn1. The van der Waals surface area contributed by atoms with Crippen molar-refractivity contribution in [2.45, 2.75) is 25.0 Å². The zero-order valence-corrected chi connectivity index (χ0v) is 10.2. The third kappa shape index (κ3) is 4.20. The van der Waals surface area contributed by atoms with Crippen molar-refractivity contribution in [1.82, 2.24) is 4.98 Å². The Morgan fingerprint density at radius 3 is 3.06 bits per heavy atom. The summed E-state index contributed by atoms with van der Waals surface area (Å²) in [7, 11) is 0. The lowest BCUT2D eigenvalue weighted by Crippen LogP contribution is -2.06. The van der Waals surface area contributed by atoms with Gasteiger partial charge in [0.25, 0.3) is 0 Å². The molecule has 0 unspecified atom stereocenters. The Morgan fingerprint density at radius 2 is 2.44 bits per heavy atom. The van der Waals surface area contributed by atoms with Gasteiger partial charge >= 0.3 is 5.97 Å². The first-order chi connectivity index (χ1) is 7.63. The van der Waals surface area contributed by atoms with Gasteiger partial charge in [-0.25, -0.2) is 4.98 Å². The van der Waals surface area contributed by atoms with E-state index in [0.29, 0.717) is 11.6 Å². The first-order valence-electron chi connectivity index (χ1n) is 5.06. The van der Waals surface area contributed by atoms with Gasteiger partial charge in [0.15, 0.2) is 0 Å². The molecule has 1 N–H and O–H groups in total. The Morgan fingerprint density at radius 1 is 1.69 bits per heavy atom. The van der Waals surface area contributed by atoms with Crippen LogP contribution in [0.3, 0.4) is 0 Å². The summed E-state index contributed by atoms with van der Waals surface area (Å²) in [5, 5.41) is 10.1. The largest absolute Gasteiger partial charge is 0.465 e. The third-order valence-electron chi connectivity index (χ3n) is 1.88. The zero-order valence-electron chi connectivity index (χ0n) is 9.34. The van der Waals surface area contributed by atoms with Crippen LogP contribution >= 0.6 is 11.8 Å². The summed E-state index contributed by atoms with van der Waals surface area (Å²) < 4.78 is 4.80. The second-order valence-corrected chi connectivity index (χ2v) is 4.19. The topological polar surface area (TPSA) is 59.4 Å². The molecule has 5 heteroatoms. The molecule has 1 aromatic heterocycles. The lowest BCUT2D eigenvalue weighted by molar-refractivity contribution is -0.139. The molecule has 1 aromatic rings. The van der Waals surface area contributed by atoms with E-state index >= 15 is 0 Å². The summed E-state index contributed by atoms with van der Waals surface area (Å²) in [6, 6.07) is 3.52. The Hall–Kier alpha value is -1.07. The summed E-state index contributed by atoms with van der Waals surface area (Å²) >= 11 is 1.30. The summed E-state index contributed by atoms with van der Waals surface area (Å²) in [4.78, 5) is 15.2. The standard InChI is InChI=1S/C11H15NO3S/c1-3-15-11(14)7-16-10-6-9(8(2)13)4-5-12-10/h4-6,8,13H,3,7H2,1-2H3/t8-/m1/s1. The van der Waals surface area contributed by atoms with E-state index in [-0.39, 0.29) is 11.7 Å². The van der Waals surface area contributed by atoms with Gasteiger partial charge in [0.05, 0.1) is 23.5 Å². The van der Waals surface area contributed by atoms with E-state index in [4.69, 9.17) is 4.74 Å². The Balaban J connectivity index is 2.54. The number of rotatable bonds is 5. The molecule has 0 bridgehead atoms. The van der Waals surface area contributed by atoms with Gasteiger partial charge in [-0.2, -0.15) is 0 Å². The van der Waals surface area contributed by atoms with E-state index in [1.807, 2.05) is 0 Å². The number of carbonyl (C=O) groups is 1. The van der Waals surface area contributed by atoms with Gasteiger partial charge in [-0.15, -0.1) is 0 Å². The summed E-state index contributed by atoms with van der Waals surface area (Å²) in [5.74, 6) is -0.0128. The predicted octanol–water partition coefficient (Wildman–Crippen LogP) is 1.79. The van der Waals surface area contributed by atoms with E-state index in [2.05, 4.69) is 4.98 Å². The van der Waals surface area contributed by atoms with Crippen LogP contribution in [0.25, 0.3) is 0 Å². The molecule has 4 nitrogen and oxygen atoms in total. The van der Waals surface area contributed by atoms with Crippen LogP contribution in [0, 0.1) is 0 Å². The number of aliphatic hydroxyl groups excluding tert-OH is 1.